The van der Waals surface area contributed by atoms with Crippen molar-refractivity contribution < 1.29 is 29.2 Å². The maximum Gasteiger partial charge on any atom is 0.184 e. The molecule has 2 saturated heterocycles. The van der Waals surface area contributed by atoms with Gasteiger partial charge >= 0.3 is 0 Å². The molecule has 0 amide bonds. The molecular formula is C20H20Cl2O6. The quantitative estimate of drug-likeness (QED) is 0.767. The molecule has 28 heavy (non-hydrogen) atoms. The van der Waals surface area contributed by atoms with E-state index in [2.05, 4.69) is 0 Å². The topological polar surface area (TPSA) is 77.4 Å². The van der Waals surface area contributed by atoms with Crippen molar-refractivity contribution in [2.45, 2.75) is 37.0 Å². The molecule has 2 N–H and O–H groups in total. The SMILES string of the molecule is O[C@@H]1[C@H]2OC(c3ccc(Cl)cc3)O[C@@H]1COC(c1ccc(Cl)cc1)OC[C@@H]2O. The second-order valence-electron chi connectivity index (χ2n) is 6.77. The fourth-order valence-electron chi connectivity index (χ4n) is 3.26. The van der Waals surface area contributed by atoms with E-state index < -0.39 is 37.0 Å². The van der Waals surface area contributed by atoms with Gasteiger partial charge in [0.1, 0.15) is 24.4 Å². The monoisotopic (exact) mass is 426 g/mol. The van der Waals surface area contributed by atoms with Crippen molar-refractivity contribution in [3.8, 4) is 0 Å². The van der Waals surface area contributed by atoms with Gasteiger partial charge in [0.05, 0.1) is 13.2 Å². The zero-order valence-corrected chi connectivity index (χ0v) is 16.3. The number of halogens is 2. The van der Waals surface area contributed by atoms with Crippen LogP contribution in [0.15, 0.2) is 48.5 Å². The second kappa shape index (κ2) is 8.65. The van der Waals surface area contributed by atoms with E-state index >= 15 is 0 Å². The average Bonchev–Trinajstić information content (AvgIpc) is 2.72. The number of fused-ring (bicyclic) bond motifs is 2. The fraction of sp³-hybridized carbons (Fsp3) is 0.400. The van der Waals surface area contributed by atoms with E-state index in [4.69, 9.17) is 42.1 Å². The molecule has 0 spiro atoms. The molecular weight excluding hydrogens is 407 g/mol. The van der Waals surface area contributed by atoms with E-state index in [-0.39, 0.29) is 13.2 Å². The summed E-state index contributed by atoms with van der Waals surface area (Å²) in [4.78, 5) is 0. The van der Waals surface area contributed by atoms with Crippen LogP contribution in [-0.4, -0.2) is 47.8 Å². The van der Waals surface area contributed by atoms with E-state index in [1.54, 1.807) is 48.5 Å². The lowest BCUT2D eigenvalue weighted by Gasteiger charge is -2.40. The van der Waals surface area contributed by atoms with Crippen molar-refractivity contribution in [2.24, 2.45) is 0 Å². The number of aliphatic hydroxyl groups is 2. The van der Waals surface area contributed by atoms with Crippen LogP contribution in [0.4, 0.5) is 0 Å². The third-order valence-electron chi connectivity index (χ3n) is 4.79. The summed E-state index contributed by atoms with van der Waals surface area (Å²) in [5, 5.41) is 22.4. The summed E-state index contributed by atoms with van der Waals surface area (Å²) in [6, 6.07) is 14.0. The highest BCUT2D eigenvalue weighted by molar-refractivity contribution is 6.30. The van der Waals surface area contributed by atoms with Crippen LogP contribution in [0, 0.1) is 0 Å². The van der Waals surface area contributed by atoms with Gasteiger partial charge in [0.15, 0.2) is 12.6 Å². The summed E-state index contributed by atoms with van der Waals surface area (Å²) in [6.07, 6.45) is -5.20. The van der Waals surface area contributed by atoms with Gasteiger partial charge in [-0.05, 0) is 24.3 Å². The molecule has 2 aliphatic heterocycles. The van der Waals surface area contributed by atoms with Crippen LogP contribution in [0.5, 0.6) is 0 Å². The van der Waals surface area contributed by atoms with E-state index in [0.29, 0.717) is 10.0 Å². The van der Waals surface area contributed by atoms with E-state index in [1.165, 1.54) is 0 Å². The number of hydrogen-bond donors (Lipinski definition) is 2. The Morgan fingerprint density at radius 3 is 1.86 bits per heavy atom. The first kappa shape index (κ1) is 20.1. The van der Waals surface area contributed by atoms with E-state index in [1.807, 2.05) is 0 Å². The molecule has 0 aromatic heterocycles. The minimum Gasteiger partial charge on any atom is -0.388 e. The predicted molar refractivity (Wildman–Crippen MR) is 102 cm³/mol. The zero-order valence-electron chi connectivity index (χ0n) is 14.8. The normalized spacial score (nSPS) is 33.6. The lowest BCUT2D eigenvalue weighted by molar-refractivity contribution is -0.308. The molecule has 2 aromatic carbocycles. The predicted octanol–water partition coefficient (Wildman–Crippen LogP) is 3.24. The Labute approximate surface area is 172 Å². The summed E-state index contributed by atoms with van der Waals surface area (Å²) in [7, 11) is 0. The molecule has 6 atom stereocenters. The Kier molecular flexibility index (Phi) is 6.20. The molecule has 6 nitrogen and oxygen atoms in total. The first-order chi connectivity index (χ1) is 13.5. The van der Waals surface area contributed by atoms with Gasteiger partial charge in [-0.1, -0.05) is 47.5 Å². The number of rotatable bonds is 2. The number of aliphatic hydroxyl groups excluding tert-OH is 2. The van der Waals surface area contributed by atoms with Gasteiger partial charge < -0.3 is 29.2 Å². The molecule has 4 rings (SSSR count). The summed E-state index contributed by atoms with van der Waals surface area (Å²) in [5.74, 6) is 0. The largest absolute Gasteiger partial charge is 0.388 e. The van der Waals surface area contributed by atoms with Crippen molar-refractivity contribution >= 4 is 23.2 Å². The summed E-state index contributed by atoms with van der Waals surface area (Å²) in [5.41, 5.74) is 1.48. The lowest BCUT2D eigenvalue weighted by atomic mass is 10.0. The fourth-order valence-corrected chi connectivity index (χ4v) is 3.51. The van der Waals surface area contributed by atoms with Crippen LogP contribution in [0.2, 0.25) is 10.0 Å². The van der Waals surface area contributed by atoms with Crippen LogP contribution in [-0.2, 0) is 18.9 Å². The summed E-state index contributed by atoms with van der Waals surface area (Å²) in [6.45, 7) is -0.0137. The maximum absolute atomic E-state index is 10.6. The molecule has 0 aliphatic carbocycles. The lowest BCUT2D eigenvalue weighted by Crippen LogP contribution is -2.54. The van der Waals surface area contributed by atoms with Crippen LogP contribution in [0.3, 0.4) is 0 Å². The molecule has 2 bridgehead atoms. The highest BCUT2D eigenvalue weighted by Gasteiger charge is 2.44. The Bertz CT molecular complexity index is 784. The minimum absolute atomic E-state index is 0.0606. The van der Waals surface area contributed by atoms with Crippen molar-refractivity contribution in [3.05, 3.63) is 69.7 Å². The third kappa shape index (κ3) is 4.35. The van der Waals surface area contributed by atoms with Gasteiger partial charge in [0, 0.05) is 21.2 Å². The summed E-state index contributed by atoms with van der Waals surface area (Å²) >= 11 is 11.9. The second-order valence-corrected chi connectivity index (χ2v) is 7.64. The third-order valence-corrected chi connectivity index (χ3v) is 5.29. The van der Waals surface area contributed by atoms with Crippen molar-refractivity contribution in [3.63, 3.8) is 0 Å². The Morgan fingerprint density at radius 1 is 0.714 bits per heavy atom. The van der Waals surface area contributed by atoms with Gasteiger partial charge in [-0.2, -0.15) is 0 Å². The first-order valence-corrected chi connectivity index (χ1v) is 9.68. The van der Waals surface area contributed by atoms with Crippen molar-refractivity contribution in [1.82, 2.24) is 0 Å². The number of benzene rings is 2. The van der Waals surface area contributed by atoms with Gasteiger partial charge in [0.25, 0.3) is 0 Å². The summed E-state index contributed by atoms with van der Waals surface area (Å²) < 4.78 is 23.3. The molecule has 150 valence electrons. The molecule has 0 radical (unpaired) electrons. The minimum atomic E-state index is -1.06. The van der Waals surface area contributed by atoms with Crippen LogP contribution in [0.1, 0.15) is 23.7 Å². The molecule has 0 saturated carbocycles. The van der Waals surface area contributed by atoms with Crippen molar-refractivity contribution in [1.29, 1.82) is 0 Å². The van der Waals surface area contributed by atoms with Gasteiger partial charge in [0.2, 0.25) is 0 Å². The van der Waals surface area contributed by atoms with Crippen LogP contribution >= 0.6 is 23.2 Å². The van der Waals surface area contributed by atoms with Gasteiger partial charge in [-0.15, -0.1) is 0 Å². The van der Waals surface area contributed by atoms with Crippen molar-refractivity contribution in [2.75, 3.05) is 13.2 Å². The smallest absolute Gasteiger partial charge is 0.184 e. The standard InChI is InChI=1S/C20H20Cl2O6/c21-13-5-1-11(2-6-13)19-25-9-15(23)18-17(24)16(10-26-19)27-20(28-18)12-3-7-14(22)8-4-12/h1-8,15-20,23-24H,9-10H2/t15-,16+,17-,18-,19?,20?/m0/s1. The Hall–Kier alpha value is -1.22. The average molecular weight is 427 g/mol. The zero-order chi connectivity index (χ0) is 19.7. The maximum atomic E-state index is 10.6. The first-order valence-electron chi connectivity index (χ1n) is 8.92. The highest BCUT2D eigenvalue weighted by atomic mass is 35.5. The molecule has 2 unspecified atom stereocenters. The highest BCUT2D eigenvalue weighted by Crippen LogP contribution is 2.34. The molecule has 2 aliphatic rings. The Balaban J connectivity index is 1.55. The molecule has 2 aromatic rings. The molecule has 8 heteroatoms. The van der Waals surface area contributed by atoms with Gasteiger partial charge in [-0.25, -0.2) is 0 Å². The van der Waals surface area contributed by atoms with Crippen LogP contribution < -0.4 is 0 Å². The number of ether oxygens (including phenoxy) is 4. The molecule has 2 heterocycles. The van der Waals surface area contributed by atoms with E-state index in [9.17, 15) is 10.2 Å². The van der Waals surface area contributed by atoms with Gasteiger partial charge in [-0.3, -0.25) is 0 Å². The van der Waals surface area contributed by atoms with Crippen LogP contribution in [0.25, 0.3) is 0 Å². The van der Waals surface area contributed by atoms with E-state index in [0.717, 1.165) is 11.1 Å². The molecule has 2 fully saturated rings. The number of hydrogen-bond acceptors (Lipinski definition) is 6. The Morgan fingerprint density at radius 2 is 1.25 bits per heavy atom.